The Morgan fingerprint density at radius 3 is 2.74 bits per heavy atom. The first-order valence-corrected chi connectivity index (χ1v) is 7.18. The van der Waals surface area contributed by atoms with E-state index < -0.39 is 0 Å². The van der Waals surface area contributed by atoms with Crippen LogP contribution >= 0.6 is 11.3 Å². The number of carbonyl (C=O) groups is 1. The highest BCUT2D eigenvalue weighted by molar-refractivity contribution is 7.13. The van der Waals surface area contributed by atoms with Crippen LogP contribution in [-0.2, 0) is 4.79 Å². The van der Waals surface area contributed by atoms with E-state index in [4.69, 9.17) is 0 Å². The summed E-state index contributed by atoms with van der Waals surface area (Å²) >= 11 is 1.67. The van der Waals surface area contributed by atoms with Gasteiger partial charge in [0.25, 0.3) is 0 Å². The molecule has 2 rings (SSSR count). The van der Waals surface area contributed by atoms with Crippen molar-refractivity contribution in [2.75, 3.05) is 18.9 Å². The summed E-state index contributed by atoms with van der Waals surface area (Å²) in [7, 11) is 1.85. The van der Waals surface area contributed by atoms with Gasteiger partial charge in [0, 0.05) is 28.6 Å². The molecule has 0 radical (unpaired) electrons. The maximum atomic E-state index is 12.1. The van der Waals surface area contributed by atoms with Crippen molar-refractivity contribution < 1.29 is 4.79 Å². The summed E-state index contributed by atoms with van der Waals surface area (Å²) in [6, 6.07) is 12.0. The predicted octanol–water partition coefficient (Wildman–Crippen LogP) is 3.21. The van der Waals surface area contributed by atoms with Crippen molar-refractivity contribution in [3.05, 3.63) is 41.8 Å². The molecule has 0 aliphatic rings. The van der Waals surface area contributed by atoms with E-state index in [1.54, 1.807) is 11.3 Å². The van der Waals surface area contributed by atoms with Crippen LogP contribution in [0.4, 0.5) is 5.69 Å². The molecule has 0 saturated heterocycles. The van der Waals surface area contributed by atoms with Crippen molar-refractivity contribution in [1.29, 1.82) is 0 Å². The lowest BCUT2D eigenvalue weighted by Gasteiger charge is -2.14. The number of thiophene rings is 1. The minimum absolute atomic E-state index is 0.0401. The Morgan fingerprint density at radius 1 is 1.26 bits per heavy atom. The lowest BCUT2D eigenvalue weighted by atomic mass is 10.1. The van der Waals surface area contributed by atoms with E-state index in [0.717, 1.165) is 16.1 Å². The molecule has 1 aromatic carbocycles. The van der Waals surface area contributed by atoms with E-state index in [2.05, 4.69) is 16.7 Å². The summed E-state index contributed by atoms with van der Waals surface area (Å²) in [5.41, 5.74) is 1.94. The number of carbonyl (C=O) groups excluding carboxylic acids is 1. The van der Waals surface area contributed by atoms with E-state index in [1.165, 1.54) is 0 Å². The van der Waals surface area contributed by atoms with Crippen LogP contribution in [0.25, 0.3) is 10.4 Å². The van der Waals surface area contributed by atoms with Crippen molar-refractivity contribution in [2.45, 2.75) is 6.92 Å². The predicted molar refractivity (Wildman–Crippen MR) is 81.5 cm³/mol. The first-order chi connectivity index (χ1) is 9.22. The lowest BCUT2D eigenvalue weighted by molar-refractivity contribution is -0.119. The smallest absolute Gasteiger partial charge is 0.228 e. The van der Waals surface area contributed by atoms with Crippen molar-refractivity contribution in [2.24, 2.45) is 5.92 Å². The average molecular weight is 274 g/mol. The number of anilines is 1. The van der Waals surface area contributed by atoms with Gasteiger partial charge in [0.1, 0.15) is 0 Å². The molecule has 1 amide bonds. The third-order valence-electron chi connectivity index (χ3n) is 2.93. The molecule has 0 spiro atoms. The maximum absolute atomic E-state index is 12.1. The monoisotopic (exact) mass is 274 g/mol. The number of amides is 1. The van der Waals surface area contributed by atoms with Gasteiger partial charge in [-0.1, -0.05) is 31.2 Å². The van der Waals surface area contributed by atoms with Crippen LogP contribution in [0.2, 0.25) is 0 Å². The van der Waals surface area contributed by atoms with Gasteiger partial charge in [0.05, 0.1) is 0 Å². The molecule has 2 aromatic rings. The summed E-state index contributed by atoms with van der Waals surface area (Å²) < 4.78 is 0. The summed E-state index contributed by atoms with van der Waals surface area (Å²) in [6.45, 7) is 2.59. The van der Waals surface area contributed by atoms with Crippen LogP contribution in [0, 0.1) is 5.92 Å². The SMILES string of the molecule is CNCC(C)C(=O)Nc1ccccc1-c1cccs1. The molecule has 0 fully saturated rings. The van der Waals surface area contributed by atoms with E-state index in [1.807, 2.05) is 49.7 Å². The summed E-state index contributed by atoms with van der Waals surface area (Å²) in [5, 5.41) is 8.07. The van der Waals surface area contributed by atoms with Gasteiger partial charge in [-0.05, 0) is 24.6 Å². The number of hydrogen-bond donors (Lipinski definition) is 2. The number of para-hydroxylation sites is 1. The highest BCUT2D eigenvalue weighted by atomic mass is 32.1. The summed E-state index contributed by atoms with van der Waals surface area (Å²) in [4.78, 5) is 13.2. The topological polar surface area (TPSA) is 41.1 Å². The van der Waals surface area contributed by atoms with Crippen LogP contribution in [0.1, 0.15) is 6.92 Å². The second-order valence-corrected chi connectivity index (χ2v) is 5.42. The molecular weight excluding hydrogens is 256 g/mol. The molecule has 19 heavy (non-hydrogen) atoms. The molecule has 1 atom stereocenters. The normalized spacial score (nSPS) is 12.1. The van der Waals surface area contributed by atoms with Gasteiger partial charge in [-0.25, -0.2) is 0 Å². The maximum Gasteiger partial charge on any atom is 0.228 e. The molecule has 0 aliphatic carbocycles. The van der Waals surface area contributed by atoms with Gasteiger partial charge in [-0.3, -0.25) is 4.79 Å². The lowest BCUT2D eigenvalue weighted by Crippen LogP contribution is -2.28. The highest BCUT2D eigenvalue weighted by Gasteiger charge is 2.14. The fourth-order valence-electron chi connectivity index (χ4n) is 1.89. The number of nitrogens with one attached hydrogen (secondary N) is 2. The van der Waals surface area contributed by atoms with Gasteiger partial charge in [0.15, 0.2) is 0 Å². The Morgan fingerprint density at radius 2 is 2.05 bits per heavy atom. The first kappa shape index (κ1) is 13.8. The Kier molecular flexibility index (Phi) is 4.71. The van der Waals surface area contributed by atoms with Crippen LogP contribution in [0.15, 0.2) is 41.8 Å². The minimum atomic E-state index is -0.0543. The summed E-state index contributed by atoms with van der Waals surface area (Å²) in [5.74, 6) is -0.0141. The highest BCUT2D eigenvalue weighted by Crippen LogP contribution is 2.31. The summed E-state index contributed by atoms with van der Waals surface area (Å²) in [6.07, 6.45) is 0. The van der Waals surface area contributed by atoms with Gasteiger partial charge < -0.3 is 10.6 Å². The van der Waals surface area contributed by atoms with Crippen molar-refractivity contribution in [3.8, 4) is 10.4 Å². The number of rotatable bonds is 5. The molecule has 1 unspecified atom stereocenters. The fourth-order valence-corrected chi connectivity index (χ4v) is 2.66. The zero-order chi connectivity index (χ0) is 13.7. The molecule has 2 N–H and O–H groups in total. The van der Waals surface area contributed by atoms with Crippen molar-refractivity contribution in [1.82, 2.24) is 5.32 Å². The third kappa shape index (κ3) is 3.43. The first-order valence-electron chi connectivity index (χ1n) is 6.30. The van der Waals surface area contributed by atoms with Gasteiger partial charge in [0.2, 0.25) is 5.91 Å². The van der Waals surface area contributed by atoms with Gasteiger partial charge in [-0.2, -0.15) is 0 Å². The third-order valence-corrected chi connectivity index (χ3v) is 3.83. The van der Waals surface area contributed by atoms with Crippen molar-refractivity contribution in [3.63, 3.8) is 0 Å². The molecular formula is C15H18N2OS. The van der Waals surface area contributed by atoms with Crippen molar-refractivity contribution >= 4 is 22.9 Å². The van der Waals surface area contributed by atoms with Gasteiger partial charge in [-0.15, -0.1) is 11.3 Å². The molecule has 3 nitrogen and oxygen atoms in total. The number of hydrogen-bond acceptors (Lipinski definition) is 3. The second kappa shape index (κ2) is 6.50. The number of benzene rings is 1. The zero-order valence-electron chi connectivity index (χ0n) is 11.1. The Hall–Kier alpha value is -1.65. The standard InChI is InChI=1S/C15H18N2OS/c1-11(10-16-2)15(18)17-13-7-4-3-6-12(13)14-8-5-9-19-14/h3-9,11,16H,10H2,1-2H3,(H,17,18). The van der Waals surface area contributed by atoms with Crippen LogP contribution < -0.4 is 10.6 Å². The molecule has 1 aromatic heterocycles. The Balaban J connectivity index is 2.19. The van der Waals surface area contributed by atoms with E-state index in [9.17, 15) is 4.79 Å². The van der Waals surface area contributed by atoms with E-state index >= 15 is 0 Å². The van der Waals surface area contributed by atoms with Gasteiger partial charge >= 0.3 is 0 Å². The quantitative estimate of drug-likeness (QED) is 0.879. The molecule has 0 bridgehead atoms. The van der Waals surface area contributed by atoms with E-state index in [0.29, 0.717) is 6.54 Å². The van der Waals surface area contributed by atoms with E-state index in [-0.39, 0.29) is 11.8 Å². The molecule has 4 heteroatoms. The average Bonchev–Trinajstić information content (AvgIpc) is 2.93. The fraction of sp³-hybridized carbons (Fsp3) is 0.267. The van der Waals surface area contributed by atoms with Crippen LogP contribution in [-0.4, -0.2) is 19.5 Å². The van der Waals surface area contributed by atoms with Crippen LogP contribution in [0.3, 0.4) is 0 Å². The molecule has 0 aliphatic heterocycles. The second-order valence-electron chi connectivity index (χ2n) is 4.47. The zero-order valence-corrected chi connectivity index (χ0v) is 12.0. The molecule has 1 heterocycles. The molecule has 0 saturated carbocycles. The minimum Gasteiger partial charge on any atom is -0.325 e. The Bertz CT molecular complexity index is 537. The largest absolute Gasteiger partial charge is 0.325 e. The molecule has 100 valence electrons. The Labute approximate surface area is 117 Å². The van der Waals surface area contributed by atoms with Crippen LogP contribution in [0.5, 0.6) is 0 Å².